The van der Waals surface area contributed by atoms with E-state index in [1.807, 2.05) is 26.2 Å². The maximum Gasteiger partial charge on any atom is 0.237 e. The summed E-state index contributed by atoms with van der Waals surface area (Å²) in [5, 5.41) is 6.91. The number of aromatic nitrogens is 2. The highest BCUT2D eigenvalue weighted by Gasteiger charge is 2.11. The molecule has 84 valence electrons. The Morgan fingerprint density at radius 2 is 2.47 bits per heavy atom. The Kier molecular flexibility index (Phi) is 4.30. The van der Waals surface area contributed by atoms with Gasteiger partial charge in [-0.15, -0.1) is 0 Å². The van der Waals surface area contributed by atoms with Gasteiger partial charge in [-0.05, 0) is 12.5 Å². The van der Waals surface area contributed by atoms with Gasteiger partial charge in [0.05, 0.1) is 18.3 Å². The fourth-order valence-electron chi connectivity index (χ4n) is 1.31. The highest BCUT2D eigenvalue weighted by Crippen LogP contribution is 1.96. The van der Waals surface area contributed by atoms with Gasteiger partial charge < -0.3 is 11.1 Å². The van der Waals surface area contributed by atoms with Gasteiger partial charge in [0.1, 0.15) is 0 Å². The number of hydrogen-bond donors (Lipinski definition) is 2. The monoisotopic (exact) mass is 210 g/mol. The molecule has 0 fully saturated rings. The van der Waals surface area contributed by atoms with Crippen molar-refractivity contribution in [3.8, 4) is 0 Å². The SMILES string of the molecule is CCC[C@@H](N)C(=O)NCc1ccn(C)n1. The van der Waals surface area contributed by atoms with Crippen LogP contribution in [0.4, 0.5) is 0 Å². The van der Waals surface area contributed by atoms with Crippen molar-refractivity contribution >= 4 is 5.91 Å². The zero-order chi connectivity index (χ0) is 11.3. The van der Waals surface area contributed by atoms with Crippen molar-refractivity contribution in [2.75, 3.05) is 0 Å². The molecule has 0 aromatic carbocycles. The fourth-order valence-corrected chi connectivity index (χ4v) is 1.31. The maximum atomic E-state index is 11.4. The van der Waals surface area contributed by atoms with Crippen LogP contribution in [-0.2, 0) is 18.4 Å². The minimum Gasteiger partial charge on any atom is -0.349 e. The average Bonchev–Trinajstić information content (AvgIpc) is 2.61. The quantitative estimate of drug-likeness (QED) is 0.727. The standard InChI is InChI=1S/C10H18N4O/c1-3-4-9(11)10(15)12-7-8-5-6-14(2)13-8/h5-6,9H,3-4,7,11H2,1-2H3,(H,12,15)/t9-/m1/s1. The summed E-state index contributed by atoms with van der Waals surface area (Å²) in [6.45, 7) is 2.45. The second-order valence-corrected chi connectivity index (χ2v) is 3.59. The van der Waals surface area contributed by atoms with E-state index in [2.05, 4.69) is 10.4 Å². The third-order valence-corrected chi connectivity index (χ3v) is 2.15. The molecule has 1 rings (SSSR count). The molecular formula is C10H18N4O. The second-order valence-electron chi connectivity index (χ2n) is 3.59. The molecule has 0 spiro atoms. The molecule has 0 saturated carbocycles. The van der Waals surface area contributed by atoms with Gasteiger partial charge in [-0.2, -0.15) is 5.10 Å². The molecule has 1 aromatic heterocycles. The van der Waals surface area contributed by atoms with E-state index in [4.69, 9.17) is 5.73 Å². The Hall–Kier alpha value is -1.36. The number of aryl methyl sites for hydroxylation is 1. The van der Waals surface area contributed by atoms with Gasteiger partial charge in [0.2, 0.25) is 5.91 Å². The van der Waals surface area contributed by atoms with E-state index in [9.17, 15) is 4.79 Å². The molecular weight excluding hydrogens is 192 g/mol. The first kappa shape index (κ1) is 11.7. The summed E-state index contributed by atoms with van der Waals surface area (Å²) in [7, 11) is 1.84. The lowest BCUT2D eigenvalue weighted by atomic mass is 10.2. The third kappa shape index (κ3) is 3.71. The maximum absolute atomic E-state index is 11.4. The smallest absolute Gasteiger partial charge is 0.237 e. The van der Waals surface area contributed by atoms with E-state index in [-0.39, 0.29) is 5.91 Å². The Morgan fingerprint density at radius 3 is 3.00 bits per heavy atom. The Morgan fingerprint density at radius 1 is 1.73 bits per heavy atom. The molecule has 1 atom stereocenters. The number of nitrogens with zero attached hydrogens (tertiary/aromatic N) is 2. The molecule has 0 aliphatic heterocycles. The van der Waals surface area contributed by atoms with E-state index in [1.54, 1.807) is 4.68 Å². The first-order valence-electron chi connectivity index (χ1n) is 5.15. The van der Waals surface area contributed by atoms with Crippen LogP contribution in [0.1, 0.15) is 25.5 Å². The molecule has 1 aromatic rings. The summed E-state index contributed by atoms with van der Waals surface area (Å²) in [5.74, 6) is -0.109. The topological polar surface area (TPSA) is 72.9 Å². The lowest BCUT2D eigenvalue weighted by Crippen LogP contribution is -2.40. The summed E-state index contributed by atoms with van der Waals surface area (Å²) < 4.78 is 1.70. The van der Waals surface area contributed by atoms with Gasteiger partial charge in [-0.1, -0.05) is 13.3 Å². The van der Waals surface area contributed by atoms with Crippen LogP contribution in [0, 0.1) is 0 Å². The van der Waals surface area contributed by atoms with E-state index in [0.717, 1.165) is 12.1 Å². The van der Waals surface area contributed by atoms with Crippen LogP contribution in [0.3, 0.4) is 0 Å². The number of carbonyl (C=O) groups excluding carboxylic acids is 1. The summed E-state index contributed by atoms with van der Waals surface area (Å²) in [4.78, 5) is 11.4. The van der Waals surface area contributed by atoms with Crippen molar-refractivity contribution in [2.45, 2.75) is 32.4 Å². The van der Waals surface area contributed by atoms with Crippen molar-refractivity contribution in [3.63, 3.8) is 0 Å². The zero-order valence-electron chi connectivity index (χ0n) is 9.23. The van der Waals surface area contributed by atoms with Gasteiger partial charge in [0, 0.05) is 13.2 Å². The van der Waals surface area contributed by atoms with Crippen molar-refractivity contribution in [2.24, 2.45) is 12.8 Å². The van der Waals surface area contributed by atoms with Crippen LogP contribution in [0.15, 0.2) is 12.3 Å². The normalized spacial score (nSPS) is 12.5. The van der Waals surface area contributed by atoms with E-state index >= 15 is 0 Å². The first-order valence-corrected chi connectivity index (χ1v) is 5.15. The molecule has 0 saturated heterocycles. The number of nitrogens with one attached hydrogen (secondary N) is 1. The highest BCUT2D eigenvalue weighted by atomic mass is 16.2. The van der Waals surface area contributed by atoms with E-state index < -0.39 is 6.04 Å². The molecule has 3 N–H and O–H groups in total. The van der Waals surface area contributed by atoms with Crippen molar-refractivity contribution in [3.05, 3.63) is 18.0 Å². The van der Waals surface area contributed by atoms with Gasteiger partial charge in [-0.25, -0.2) is 0 Å². The number of carbonyl (C=O) groups is 1. The van der Waals surface area contributed by atoms with Crippen molar-refractivity contribution < 1.29 is 4.79 Å². The second kappa shape index (κ2) is 5.50. The van der Waals surface area contributed by atoms with Crippen LogP contribution < -0.4 is 11.1 Å². The summed E-state index contributed by atoms with van der Waals surface area (Å²) in [6.07, 6.45) is 3.47. The summed E-state index contributed by atoms with van der Waals surface area (Å²) in [6, 6.07) is 1.46. The zero-order valence-corrected chi connectivity index (χ0v) is 9.23. The highest BCUT2D eigenvalue weighted by molar-refractivity contribution is 5.81. The molecule has 0 aliphatic rings. The first-order chi connectivity index (χ1) is 7.13. The summed E-state index contributed by atoms with van der Waals surface area (Å²) in [5.41, 5.74) is 6.50. The molecule has 1 heterocycles. The van der Waals surface area contributed by atoms with Crippen LogP contribution in [0.5, 0.6) is 0 Å². The number of hydrogen-bond acceptors (Lipinski definition) is 3. The fraction of sp³-hybridized carbons (Fsp3) is 0.600. The minimum absolute atomic E-state index is 0.109. The van der Waals surface area contributed by atoms with E-state index in [1.165, 1.54) is 0 Å². The predicted octanol–water partition coefficient (Wildman–Crippen LogP) is 0.164. The Labute approximate surface area is 89.6 Å². The summed E-state index contributed by atoms with van der Waals surface area (Å²) >= 11 is 0. The van der Waals surface area contributed by atoms with Crippen molar-refractivity contribution in [1.82, 2.24) is 15.1 Å². The van der Waals surface area contributed by atoms with Crippen molar-refractivity contribution in [1.29, 1.82) is 0 Å². The van der Waals surface area contributed by atoms with Gasteiger partial charge in [0.25, 0.3) is 0 Å². The third-order valence-electron chi connectivity index (χ3n) is 2.15. The van der Waals surface area contributed by atoms with Gasteiger partial charge in [-0.3, -0.25) is 9.48 Å². The predicted molar refractivity (Wildman–Crippen MR) is 57.9 cm³/mol. The lowest BCUT2D eigenvalue weighted by molar-refractivity contribution is -0.122. The van der Waals surface area contributed by atoms with Crippen LogP contribution >= 0.6 is 0 Å². The Balaban J connectivity index is 2.34. The van der Waals surface area contributed by atoms with Crippen LogP contribution in [0.2, 0.25) is 0 Å². The van der Waals surface area contributed by atoms with E-state index in [0.29, 0.717) is 13.0 Å². The molecule has 15 heavy (non-hydrogen) atoms. The van der Waals surface area contributed by atoms with Crippen LogP contribution in [0.25, 0.3) is 0 Å². The molecule has 0 radical (unpaired) electrons. The van der Waals surface area contributed by atoms with Gasteiger partial charge in [0.15, 0.2) is 0 Å². The lowest BCUT2D eigenvalue weighted by Gasteiger charge is -2.09. The minimum atomic E-state index is -0.404. The Bertz CT molecular complexity index is 321. The molecule has 5 heteroatoms. The molecule has 0 unspecified atom stereocenters. The van der Waals surface area contributed by atoms with Gasteiger partial charge >= 0.3 is 0 Å². The largest absolute Gasteiger partial charge is 0.349 e. The average molecular weight is 210 g/mol. The van der Waals surface area contributed by atoms with Crippen LogP contribution in [-0.4, -0.2) is 21.7 Å². The molecule has 1 amide bonds. The molecule has 5 nitrogen and oxygen atoms in total. The molecule has 0 bridgehead atoms. The number of rotatable bonds is 5. The number of amides is 1. The number of nitrogens with two attached hydrogens (primary N) is 1. The molecule has 0 aliphatic carbocycles.